The van der Waals surface area contributed by atoms with Gasteiger partial charge in [-0.2, -0.15) is 5.26 Å². The minimum Gasteiger partial charge on any atom is -0.447 e. The van der Waals surface area contributed by atoms with E-state index in [1.54, 1.807) is 6.20 Å². The van der Waals surface area contributed by atoms with E-state index in [2.05, 4.69) is 16.4 Å². The lowest BCUT2D eigenvalue weighted by atomic mass is 10.00. The zero-order valence-electron chi connectivity index (χ0n) is 7.99. The van der Waals surface area contributed by atoms with Crippen LogP contribution in [-0.2, 0) is 6.54 Å². The van der Waals surface area contributed by atoms with Gasteiger partial charge in [-0.25, -0.2) is 4.98 Å². The van der Waals surface area contributed by atoms with Crippen LogP contribution in [-0.4, -0.2) is 10.5 Å². The van der Waals surface area contributed by atoms with Gasteiger partial charge in [0, 0.05) is 0 Å². The van der Waals surface area contributed by atoms with Crippen LogP contribution in [0.15, 0.2) is 17.0 Å². The minimum absolute atomic E-state index is 0.327. The van der Waals surface area contributed by atoms with Gasteiger partial charge in [-0.05, 0) is 12.8 Å². The number of oxazole rings is 1. The van der Waals surface area contributed by atoms with E-state index in [9.17, 15) is 0 Å². The van der Waals surface area contributed by atoms with Gasteiger partial charge in [-0.15, -0.1) is 0 Å². The van der Waals surface area contributed by atoms with E-state index in [0.717, 1.165) is 31.4 Å². The molecule has 1 aromatic rings. The lowest BCUT2D eigenvalue weighted by Gasteiger charge is -2.20. The third-order valence-electron chi connectivity index (χ3n) is 2.76. The first-order valence-electron chi connectivity index (χ1n) is 4.88. The quantitative estimate of drug-likeness (QED) is 0.788. The maximum absolute atomic E-state index is 9.09. The summed E-state index contributed by atoms with van der Waals surface area (Å²) in [4.78, 5) is 3.83. The van der Waals surface area contributed by atoms with Crippen molar-refractivity contribution < 1.29 is 4.42 Å². The Balaban J connectivity index is 1.93. The van der Waals surface area contributed by atoms with Crippen LogP contribution in [0, 0.1) is 11.3 Å². The van der Waals surface area contributed by atoms with Crippen molar-refractivity contribution in [3.8, 4) is 6.07 Å². The van der Waals surface area contributed by atoms with E-state index >= 15 is 0 Å². The molecule has 0 radical (unpaired) electrons. The molecule has 1 N–H and O–H groups in total. The fourth-order valence-electron chi connectivity index (χ4n) is 1.89. The van der Waals surface area contributed by atoms with Crippen LogP contribution in [0.3, 0.4) is 0 Å². The van der Waals surface area contributed by atoms with Crippen molar-refractivity contribution in [2.75, 3.05) is 0 Å². The summed E-state index contributed by atoms with van der Waals surface area (Å²) in [6, 6.07) is 2.37. The largest absolute Gasteiger partial charge is 0.447 e. The number of nitrogens with zero attached hydrogens (tertiary/aromatic N) is 2. The molecule has 2 rings (SSSR count). The molecule has 1 aromatic heterocycles. The standard InChI is InChI=1S/C10H13N3O/c11-7-10(3-1-2-4-10)13-6-9-5-12-8-14-9/h5,8,13H,1-4,6H2. The molecule has 74 valence electrons. The van der Waals surface area contributed by atoms with Gasteiger partial charge in [0.2, 0.25) is 0 Å². The van der Waals surface area contributed by atoms with Crippen molar-refractivity contribution in [2.24, 2.45) is 0 Å². The van der Waals surface area contributed by atoms with E-state index in [0.29, 0.717) is 6.54 Å². The highest BCUT2D eigenvalue weighted by molar-refractivity contribution is 5.10. The van der Waals surface area contributed by atoms with Gasteiger partial charge in [-0.1, -0.05) is 12.8 Å². The normalized spacial score (nSPS) is 19.4. The molecule has 14 heavy (non-hydrogen) atoms. The van der Waals surface area contributed by atoms with Crippen molar-refractivity contribution in [1.82, 2.24) is 10.3 Å². The first-order chi connectivity index (χ1) is 6.85. The maximum atomic E-state index is 9.09. The van der Waals surface area contributed by atoms with Crippen LogP contribution < -0.4 is 5.32 Å². The summed E-state index contributed by atoms with van der Waals surface area (Å²) >= 11 is 0. The summed E-state index contributed by atoms with van der Waals surface area (Å²) in [5.41, 5.74) is -0.327. The van der Waals surface area contributed by atoms with Crippen LogP contribution in [0.25, 0.3) is 0 Å². The molecule has 0 unspecified atom stereocenters. The summed E-state index contributed by atoms with van der Waals surface area (Å²) in [6.45, 7) is 0.591. The fourth-order valence-corrected chi connectivity index (χ4v) is 1.89. The summed E-state index contributed by atoms with van der Waals surface area (Å²) in [7, 11) is 0. The van der Waals surface area contributed by atoms with Crippen LogP contribution in [0.4, 0.5) is 0 Å². The zero-order valence-corrected chi connectivity index (χ0v) is 7.99. The molecular weight excluding hydrogens is 178 g/mol. The molecule has 0 saturated heterocycles. The highest BCUT2D eigenvalue weighted by Crippen LogP contribution is 2.29. The van der Waals surface area contributed by atoms with Gasteiger partial charge in [-0.3, -0.25) is 5.32 Å². The fraction of sp³-hybridized carbons (Fsp3) is 0.600. The Hall–Kier alpha value is -1.34. The molecule has 1 aliphatic rings. The Labute approximate surface area is 82.9 Å². The van der Waals surface area contributed by atoms with Crippen molar-refractivity contribution in [3.05, 3.63) is 18.4 Å². The number of aromatic nitrogens is 1. The van der Waals surface area contributed by atoms with Crippen LogP contribution in [0.1, 0.15) is 31.4 Å². The molecule has 4 nitrogen and oxygen atoms in total. The molecule has 0 amide bonds. The summed E-state index contributed by atoms with van der Waals surface area (Å²) in [6.07, 6.45) is 7.24. The van der Waals surface area contributed by atoms with Gasteiger partial charge in [0.05, 0.1) is 18.8 Å². The molecule has 0 aromatic carbocycles. The van der Waals surface area contributed by atoms with E-state index in [4.69, 9.17) is 9.68 Å². The Morgan fingerprint density at radius 2 is 2.36 bits per heavy atom. The molecule has 0 aliphatic heterocycles. The van der Waals surface area contributed by atoms with Crippen molar-refractivity contribution in [3.63, 3.8) is 0 Å². The average Bonchev–Trinajstić information content (AvgIpc) is 2.87. The van der Waals surface area contributed by atoms with Crippen molar-refractivity contribution in [2.45, 2.75) is 37.8 Å². The zero-order chi connectivity index (χ0) is 9.86. The molecule has 0 atom stereocenters. The predicted octanol–water partition coefficient (Wildman–Crippen LogP) is 1.60. The smallest absolute Gasteiger partial charge is 0.180 e. The first kappa shape index (κ1) is 9.22. The topological polar surface area (TPSA) is 61.9 Å². The van der Waals surface area contributed by atoms with Gasteiger partial charge < -0.3 is 4.42 Å². The van der Waals surface area contributed by atoms with Crippen LogP contribution in [0.5, 0.6) is 0 Å². The molecule has 1 heterocycles. The Bertz CT molecular complexity index is 320. The number of nitrogens with one attached hydrogen (secondary N) is 1. The number of hydrogen-bond donors (Lipinski definition) is 1. The van der Waals surface area contributed by atoms with E-state index in [1.807, 2.05) is 0 Å². The van der Waals surface area contributed by atoms with E-state index in [1.165, 1.54) is 6.39 Å². The number of nitriles is 1. The van der Waals surface area contributed by atoms with Gasteiger partial charge in [0.15, 0.2) is 6.39 Å². The SMILES string of the molecule is N#CC1(NCc2cnco2)CCCC1. The second kappa shape index (κ2) is 3.81. The lowest BCUT2D eigenvalue weighted by molar-refractivity contribution is 0.387. The lowest BCUT2D eigenvalue weighted by Crippen LogP contribution is -2.40. The summed E-state index contributed by atoms with van der Waals surface area (Å²) in [5.74, 6) is 0.784. The van der Waals surface area contributed by atoms with Crippen LogP contribution in [0.2, 0.25) is 0 Å². The molecule has 0 bridgehead atoms. The second-order valence-electron chi connectivity index (χ2n) is 3.72. The molecule has 0 spiro atoms. The monoisotopic (exact) mass is 191 g/mol. The number of hydrogen-bond acceptors (Lipinski definition) is 4. The Kier molecular flexibility index (Phi) is 2.51. The van der Waals surface area contributed by atoms with Crippen LogP contribution >= 0.6 is 0 Å². The van der Waals surface area contributed by atoms with E-state index < -0.39 is 0 Å². The second-order valence-corrected chi connectivity index (χ2v) is 3.72. The van der Waals surface area contributed by atoms with Crippen molar-refractivity contribution in [1.29, 1.82) is 5.26 Å². The third kappa shape index (κ3) is 1.78. The Morgan fingerprint density at radius 1 is 1.57 bits per heavy atom. The van der Waals surface area contributed by atoms with Crippen molar-refractivity contribution >= 4 is 0 Å². The summed E-state index contributed by atoms with van der Waals surface area (Å²) < 4.78 is 5.10. The molecule has 4 heteroatoms. The van der Waals surface area contributed by atoms with E-state index in [-0.39, 0.29) is 5.54 Å². The predicted molar refractivity (Wildman–Crippen MR) is 50.2 cm³/mol. The minimum atomic E-state index is -0.327. The molecule has 1 fully saturated rings. The summed E-state index contributed by atoms with van der Waals surface area (Å²) in [5, 5.41) is 12.3. The average molecular weight is 191 g/mol. The molecule has 1 saturated carbocycles. The number of rotatable bonds is 3. The first-order valence-corrected chi connectivity index (χ1v) is 4.88. The van der Waals surface area contributed by atoms with Gasteiger partial charge >= 0.3 is 0 Å². The highest BCUT2D eigenvalue weighted by atomic mass is 16.3. The maximum Gasteiger partial charge on any atom is 0.180 e. The van der Waals surface area contributed by atoms with Gasteiger partial charge in [0.1, 0.15) is 11.3 Å². The Morgan fingerprint density at radius 3 is 2.93 bits per heavy atom. The molecular formula is C10H13N3O. The highest BCUT2D eigenvalue weighted by Gasteiger charge is 2.33. The van der Waals surface area contributed by atoms with Gasteiger partial charge in [0.25, 0.3) is 0 Å². The third-order valence-corrected chi connectivity index (χ3v) is 2.76. The molecule has 1 aliphatic carbocycles.